The maximum absolute atomic E-state index is 11.9. The minimum absolute atomic E-state index is 0.427. The molecule has 1 aliphatic rings. The molecule has 0 spiro atoms. The molecule has 8 heteroatoms. The summed E-state index contributed by atoms with van der Waals surface area (Å²) in [6, 6.07) is 5.13. The topological polar surface area (TPSA) is 68.7 Å². The van der Waals surface area contributed by atoms with Crippen molar-refractivity contribution in [3.05, 3.63) is 46.4 Å². The van der Waals surface area contributed by atoms with Crippen molar-refractivity contribution in [1.82, 2.24) is 9.89 Å². The minimum atomic E-state index is 0.427. The predicted molar refractivity (Wildman–Crippen MR) is 67.9 cm³/mol. The standard InChI is InChI=1S/C11H10ClN5O2/c1-19-10-5-13-15(7-10)16-6-8-2-3-9(12)4-11(8)17(18)14-16/h2-5,7H,6H2,1H3. The number of fused-ring (bicyclic) bond motifs is 1. The van der Waals surface area contributed by atoms with Crippen molar-refractivity contribution in [2.75, 3.05) is 12.2 Å². The molecule has 0 amide bonds. The predicted octanol–water partition coefficient (Wildman–Crippen LogP) is 2.21. The molecule has 0 atom stereocenters. The van der Waals surface area contributed by atoms with Gasteiger partial charge >= 0.3 is 0 Å². The van der Waals surface area contributed by atoms with Crippen LogP contribution < -0.4 is 9.85 Å². The summed E-state index contributed by atoms with van der Waals surface area (Å²) in [5.41, 5.74) is 1.27. The van der Waals surface area contributed by atoms with Gasteiger partial charge in [0, 0.05) is 16.7 Å². The smallest absolute Gasteiger partial charge is 0.166 e. The average Bonchev–Trinajstić information content (AvgIpc) is 2.88. The van der Waals surface area contributed by atoms with Gasteiger partial charge in [-0.1, -0.05) is 16.4 Å². The molecule has 7 nitrogen and oxygen atoms in total. The second-order valence-electron chi connectivity index (χ2n) is 3.97. The van der Waals surface area contributed by atoms with Crippen LogP contribution in [0.15, 0.2) is 35.8 Å². The van der Waals surface area contributed by atoms with E-state index in [1.165, 1.54) is 9.91 Å². The van der Waals surface area contributed by atoms with Crippen molar-refractivity contribution in [2.24, 2.45) is 5.22 Å². The largest absolute Gasteiger partial charge is 0.691 e. The summed E-state index contributed by atoms with van der Waals surface area (Å²) in [6.07, 6.45) is 3.18. The van der Waals surface area contributed by atoms with E-state index in [4.69, 9.17) is 16.3 Å². The van der Waals surface area contributed by atoms with E-state index in [0.29, 0.717) is 27.9 Å². The number of benzene rings is 1. The van der Waals surface area contributed by atoms with Gasteiger partial charge in [-0.15, -0.1) is 9.96 Å². The molecule has 1 aromatic carbocycles. The molecule has 0 fully saturated rings. The van der Waals surface area contributed by atoms with Gasteiger partial charge in [-0.2, -0.15) is 0 Å². The van der Waals surface area contributed by atoms with E-state index < -0.39 is 0 Å². The van der Waals surface area contributed by atoms with Gasteiger partial charge < -0.3 is 9.94 Å². The quantitative estimate of drug-likeness (QED) is 0.624. The normalized spacial score (nSPS) is 14.0. The Balaban J connectivity index is 1.96. The van der Waals surface area contributed by atoms with E-state index in [1.54, 1.807) is 37.7 Å². The zero-order valence-corrected chi connectivity index (χ0v) is 10.8. The molecule has 0 saturated heterocycles. The summed E-state index contributed by atoms with van der Waals surface area (Å²) < 4.78 is 5.04. The van der Waals surface area contributed by atoms with Crippen LogP contribution in [-0.4, -0.2) is 21.9 Å². The number of methoxy groups -OCH3 is 1. The van der Waals surface area contributed by atoms with Crippen molar-refractivity contribution < 1.29 is 9.60 Å². The summed E-state index contributed by atoms with van der Waals surface area (Å²) in [4.78, 5) is 1.97. The first-order valence-electron chi connectivity index (χ1n) is 5.51. The molecular weight excluding hydrogens is 270 g/mol. The minimum Gasteiger partial charge on any atom is -0.691 e. The molecule has 0 radical (unpaired) electrons. The van der Waals surface area contributed by atoms with Crippen LogP contribution in [0.3, 0.4) is 0 Å². The van der Waals surface area contributed by atoms with Crippen LogP contribution >= 0.6 is 11.6 Å². The fourth-order valence-corrected chi connectivity index (χ4v) is 1.98. The second-order valence-corrected chi connectivity index (χ2v) is 4.40. The summed E-state index contributed by atoms with van der Waals surface area (Å²) in [5, 5.41) is 21.8. The lowest BCUT2D eigenvalue weighted by Gasteiger charge is -2.20. The zero-order chi connectivity index (χ0) is 13.4. The van der Waals surface area contributed by atoms with Crippen LogP contribution in [-0.2, 0) is 6.54 Å². The van der Waals surface area contributed by atoms with Crippen molar-refractivity contribution in [2.45, 2.75) is 6.54 Å². The maximum atomic E-state index is 11.9. The Morgan fingerprint density at radius 1 is 1.47 bits per heavy atom. The van der Waals surface area contributed by atoms with Crippen LogP contribution in [0.4, 0.5) is 5.69 Å². The number of ether oxygens (including phenoxy) is 1. The highest BCUT2D eigenvalue weighted by Gasteiger charge is 2.24. The molecule has 2 aromatic rings. The van der Waals surface area contributed by atoms with Gasteiger partial charge in [0.25, 0.3) is 0 Å². The Labute approximate surface area is 113 Å². The Morgan fingerprint density at radius 3 is 3.05 bits per heavy atom. The second kappa shape index (κ2) is 4.43. The van der Waals surface area contributed by atoms with Crippen molar-refractivity contribution in [3.8, 4) is 5.75 Å². The first-order chi connectivity index (χ1) is 9.17. The monoisotopic (exact) mass is 279 g/mol. The lowest BCUT2D eigenvalue weighted by molar-refractivity contribution is -0.450. The molecule has 2 heterocycles. The van der Waals surface area contributed by atoms with Crippen molar-refractivity contribution >= 4 is 17.3 Å². The Hall–Kier alpha value is -2.28. The van der Waals surface area contributed by atoms with Gasteiger partial charge in [-0.3, -0.25) is 0 Å². The van der Waals surface area contributed by atoms with Crippen LogP contribution in [0, 0.1) is 5.21 Å². The van der Waals surface area contributed by atoms with Gasteiger partial charge in [-0.25, -0.2) is 0 Å². The molecule has 0 saturated carbocycles. The van der Waals surface area contributed by atoms with Crippen LogP contribution in [0.5, 0.6) is 5.75 Å². The molecule has 0 N–H and O–H groups in total. The zero-order valence-electron chi connectivity index (χ0n) is 10.0. The van der Waals surface area contributed by atoms with Gasteiger partial charge in [0.15, 0.2) is 18.0 Å². The molecule has 0 aliphatic carbocycles. The Kier molecular flexibility index (Phi) is 2.75. The SMILES string of the molecule is COc1cnn(N2Cc3ccc(Cl)cc3[N+]([O-])=N2)c1. The van der Waals surface area contributed by atoms with Gasteiger partial charge in [0.2, 0.25) is 0 Å². The molecule has 19 heavy (non-hydrogen) atoms. The summed E-state index contributed by atoms with van der Waals surface area (Å²) in [6.45, 7) is 0.427. The number of rotatable bonds is 2. The molecule has 0 unspecified atom stereocenters. The third kappa shape index (κ3) is 2.08. The highest BCUT2D eigenvalue weighted by Crippen LogP contribution is 2.28. The van der Waals surface area contributed by atoms with Crippen molar-refractivity contribution in [1.29, 1.82) is 0 Å². The maximum Gasteiger partial charge on any atom is 0.166 e. The number of nitrogens with zero attached hydrogens (tertiary/aromatic N) is 5. The molecule has 3 rings (SSSR count). The van der Waals surface area contributed by atoms with Crippen LogP contribution in [0.1, 0.15) is 5.56 Å². The third-order valence-electron chi connectivity index (χ3n) is 2.77. The Morgan fingerprint density at radius 2 is 2.32 bits per heavy atom. The molecule has 1 aromatic heterocycles. The first-order valence-corrected chi connectivity index (χ1v) is 5.89. The first kappa shape index (κ1) is 11.8. The van der Waals surface area contributed by atoms with Gasteiger partial charge in [0.05, 0.1) is 13.3 Å². The fourth-order valence-electron chi connectivity index (χ4n) is 1.82. The average molecular weight is 280 g/mol. The van der Waals surface area contributed by atoms with Gasteiger partial charge in [0.1, 0.15) is 11.4 Å². The van der Waals surface area contributed by atoms with E-state index >= 15 is 0 Å². The van der Waals surface area contributed by atoms with Crippen molar-refractivity contribution in [3.63, 3.8) is 0 Å². The van der Waals surface area contributed by atoms with E-state index in [2.05, 4.69) is 10.3 Å². The van der Waals surface area contributed by atoms with Crippen LogP contribution in [0.2, 0.25) is 5.02 Å². The third-order valence-corrected chi connectivity index (χ3v) is 3.00. The lowest BCUT2D eigenvalue weighted by Crippen LogP contribution is -2.33. The molecule has 1 aliphatic heterocycles. The highest BCUT2D eigenvalue weighted by atomic mass is 35.5. The molecular formula is C11H10ClN5O2. The number of aromatic nitrogens is 2. The summed E-state index contributed by atoms with van der Waals surface area (Å²) in [5.74, 6) is 0.592. The highest BCUT2D eigenvalue weighted by molar-refractivity contribution is 6.30. The van der Waals surface area contributed by atoms with Crippen LogP contribution in [0.25, 0.3) is 0 Å². The lowest BCUT2D eigenvalue weighted by atomic mass is 10.2. The molecule has 0 bridgehead atoms. The number of hydrogen-bond acceptors (Lipinski definition) is 5. The summed E-state index contributed by atoms with van der Waals surface area (Å²) >= 11 is 5.86. The summed E-state index contributed by atoms with van der Waals surface area (Å²) in [7, 11) is 1.55. The fraction of sp³-hybridized carbons (Fsp3) is 0.182. The Bertz CT molecular complexity index is 654. The van der Waals surface area contributed by atoms with E-state index in [-0.39, 0.29) is 0 Å². The number of hydrogen-bond donors (Lipinski definition) is 0. The van der Waals surface area contributed by atoms with Gasteiger partial charge in [-0.05, 0) is 17.3 Å². The van der Waals surface area contributed by atoms with E-state index in [0.717, 1.165) is 5.56 Å². The number of halogens is 1. The van der Waals surface area contributed by atoms with E-state index in [1.807, 2.05) is 0 Å². The molecule has 98 valence electrons. The van der Waals surface area contributed by atoms with E-state index in [9.17, 15) is 5.21 Å².